The number of amides is 1. The smallest absolute Gasteiger partial charge is 0.257 e. The third-order valence-electron chi connectivity index (χ3n) is 4.20. The molecule has 0 saturated carbocycles. The Morgan fingerprint density at radius 1 is 1.36 bits per heavy atom. The molecule has 1 saturated heterocycles. The normalized spacial score (nSPS) is 16.9. The molecule has 6 heteroatoms. The van der Waals surface area contributed by atoms with Crippen LogP contribution in [0, 0.1) is 13.8 Å². The zero-order valence-electron chi connectivity index (χ0n) is 13.3. The first-order chi connectivity index (χ1) is 10.5. The van der Waals surface area contributed by atoms with Gasteiger partial charge in [-0.05, 0) is 52.9 Å². The molecule has 0 bridgehead atoms. The fourth-order valence-electron chi connectivity index (χ4n) is 2.91. The van der Waals surface area contributed by atoms with Crippen molar-refractivity contribution in [1.82, 2.24) is 14.7 Å². The van der Waals surface area contributed by atoms with Crippen molar-refractivity contribution in [2.45, 2.75) is 32.7 Å². The molecule has 1 aliphatic heterocycles. The van der Waals surface area contributed by atoms with Gasteiger partial charge >= 0.3 is 0 Å². The number of carbonyl (C=O) groups is 1. The van der Waals surface area contributed by atoms with Gasteiger partial charge in [0.1, 0.15) is 0 Å². The highest BCUT2D eigenvalue weighted by Gasteiger charge is 2.19. The molecule has 0 radical (unpaired) electrons. The van der Waals surface area contributed by atoms with E-state index in [4.69, 9.17) is 0 Å². The zero-order chi connectivity index (χ0) is 15.7. The number of hydrogen-bond acceptors (Lipinski definition) is 4. The Bertz CT molecular complexity index is 667. The first kappa shape index (κ1) is 15.2. The van der Waals surface area contributed by atoms with Crippen LogP contribution in [0.2, 0.25) is 0 Å². The van der Waals surface area contributed by atoms with Gasteiger partial charge in [0, 0.05) is 22.0 Å². The molecule has 22 heavy (non-hydrogen) atoms. The number of thiophene rings is 1. The predicted molar refractivity (Wildman–Crippen MR) is 89.7 cm³/mol. The molecule has 3 heterocycles. The van der Waals surface area contributed by atoms with Crippen molar-refractivity contribution in [3.63, 3.8) is 0 Å². The molecule has 0 unspecified atom stereocenters. The summed E-state index contributed by atoms with van der Waals surface area (Å²) in [4.78, 5) is 16.9. The van der Waals surface area contributed by atoms with Gasteiger partial charge in [0.05, 0.1) is 11.6 Å². The van der Waals surface area contributed by atoms with E-state index in [0.717, 1.165) is 41.2 Å². The van der Waals surface area contributed by atoms with Crippen molar-refractivity contribution in [2.75, 3.05) is 25.5 Å². The lowest BCUT2D eigenvalue weighted by Crippen LogP contribution is -2.31. The summed E-state index contributed by atoms with van der Waals surface area (Å²) in [6.07, 6.45) is 4.18. The van der Waals surface area contributed by atoms with Crippen LogP contribution in [0.3, 0.4) is 0 Å². The number of nitrogens with zero attached hydrogens (tertiary/aromatic N) is 3. The van der Waals surface area contributed by atoms with E-state index in [1.54, 1.807) is 11.3 Å². The number of piperidine rings is 1. The molecule has 1 N–H and O–H groups in total. The van der Waals surface area contributed by atoms with Crippen LogP contribution in [0.1, 0.15) is 39.0 Å². The molecular weight excluding hydrogens is 296 g/mol. The summed E-state index contributed by atoms with van der Waals surface area (Å²) in [5.41, 5.74) is 0.747. The molecule has 1 aliphatic rings. The molecule has 118 valence electrons. The third-order valence-corrected chi connectivity index (χ3v) is 5.16. The molecule has 0 aromatic carbocycles. The predicted octanol–water partition coefficient (Wildman–Crippen LogP) is 3.08. The summed E-state index contributed by atoms with van der Waals surface area (Å²) < 4.78 is 1.99. The second-order valence-electron chi connectivity index (χ2n) is 6.00. The van der Waals surface area contributed by atoms with E-state index in [0.29, 0.717) is 11.9 Å². The largest absolute Gasteiger partial charge is 0.306 e. The lowest BCUT2D eigenvalue weighted by atomic mass is 10.1. The van der Waals surface area contributed by atoms with Gasteiger partial charge in [0.25, 0.3) is 5.91 Å². The Hall–Kier alpha value is -1.66. The van der Waals surface area contributed by atoms with E-state index in [1.165, 1.54) is 0 Å². The zero-order valence-corrected chi connectivity index (χ0v) is 14.1. The van der Waals surface area contributed by atoms with Gasteiger partial charge in [0.2, 0.25) is 0 Å². The van der Waals surface area contributed by atoms with E-state index in [2.05, 4.69) is 22.4 Å². The molecule has 0 spiro atoms. The fraction of sp³-hybridized carbons (Fsp3) is 0.500. The Kier molecular flexibility index (Phi) is 4.31. The van der Waals surface area contributed by atoms with Crippen molar-refractivity contribution < 1.29 is 4.79 Å². The molecule has 5 nitrogen and oxygen atoms in total. The summed E-state index contributed by atoms with van der Waals surface area (Å²) in [5.74, 6) is 0.558. The minimum absolute atomic E-state index is 0.0736. The first-order valence-electron chi connectivity index (χ1n) is 7.65. The standard InChI is InChI=1S/C16H22N4OS/c1-11-10-14(12(2)22-11)16(21)17-15-6-9-20(18-15)13-4-7-19(3)8-5-13/h6,9-10,13H,4-5,7-8H2,1-3H3,(H,17,18,21). The van der Waals surface area contributed by atoms with Gasteiger partial charge in [-0.25, -0.2) is 0 Å². The number of likely N-dealkylation sites (tertiary alicyclic amines) is 1. The Labute approximate surface area is 134 Å². The summed E-state index contributed by atoms with van der Waals surface area (Å²) in [6.45, 7) is 6.19. The van der Waals surface area contributed by atoms with Crippen LogP contribution in [0.4, 0.5) is 5.82 Å². The molecule has 1 amide bonds. The van der Waals surface area contributed by atoms with Crippen molar-refractivity contribution in [3.8, 4) is 0 Å². The number of aromatic nitrogens is 2. The van der Waals surface area contributed by atoms with Crippen LogP contribution >= 0.6 is 11.3 Å². The highest BCUT2D eigenvalue weighted by molar-refractivity contribution is 7.12. The van der Waals surface area contributed by atoms with Crippen LogP contribution < -0.4 is 5.32 Å². The topological polar surface area (TPSA) is 50.2 Å². The maximum atomic E-state index is 12.3. The van der Waals surface area contributed by atoms with E-state index in [9.17, 15) is 4.79 Å². The highest BCUT2D eigenvalue weighted by Crippen LogP contribution is 2.23. The molecule has 3 rings (SSSR count). The van der Waals surface area contributed by atoms with E-state index in [-0.39, 0.29) is 5.91 Å². The Morgan fingerprint density at radius 3 is 2.73 bits per heavy atom. The number of anilines is 1. The van der Waals surface area contributed by atoms with E-state index >= 15 is 0 Å². The van der Waals surface area contributed by atoms with Crippen LogP contribution in [0.25, 0.3) is 0 Å². The van der Waals surface area contributed by atoms with Gasteiger partial charge in [-0.3, -0.25) is 9.48 Å². The average molecular weight is 318 g/mol. The fourth-order valence-corrected chi connectivity index (χ4v) is 3.83. The summed E-state index contributed by atoms with van der Waals surface area (Å²) in [6, 6.07) is 4.25. The van der Waals surface area contributed by atoms with E-state index in [1.807, 2.05) is 36.9 Å². The molecule has 2 aromatic heterocycles. The van der Waals surface area contributed by atoms with Gasteiger partial charge in [-0.2, -0.15) is 5.10 Å². The number of aryl methyl sites for hydroxylation is 2. The SMILES string of the molecule is Cc1cc(C(=O)Nc2ccn(C3CCN(C)CC3)n2)c(C)s1. The number of hydrogen-bond donors (Lipinski definition) is 1. The Balaban J connectivity index is 1.66. The quantitative estimate of drug-likeness (QED) is 0.946. The van der Waals surface area contributed by atoms with Crippen molar-refractivity contribution >= 4 is 23.1 Å². The molecule has 0 atom stereocenters. The van der Waals surface area contributed by atoms with Crippen LogP contribution in [-0.2, 0) is 0 Å². The van der Waals surface area contributed by atoms with Crippen LogP contribution in [-0.4, -0.2) is 40.7 Å². The number of rotatable bonds is 3. The van der Waals surface area contributed by atoms with Crippen LogP contribution in [0.15, 0.2) is 18.3 Å². The lowest BCUT2D eigenvalue weighted by Gasteiger charge is -2.28. The molecule has 1 fully saturated rings. The maximum Gasteiger partial charge on any atom is 0.257 e. The Morgan fingerprint density at radius 2 is 2.09 bits per heavy atom. The van der Waals surface area contributed by atoms with Gasteiger partial charge in [-0.1, -0.05) is 0 Å². The third kappa shape index (κ3) is 3.23. The van der Waals surface area contributed by atoms with E-state index < -0.39 is 0 Å². The average Bonchev–Trinajstić information content (AvgIpc) is 3.06. The van der Waals surface area contributed by atoms with Crippen LogP contribution in [0.5, 0.6) is 0 Å². The van der Waals surface area contributed by atoms with Gasteiger partial charge in [-0.15, -0.1) is 11.3 Å². The van der Waals surface area contributed by atoms with Gasteiger partial charge in [0.15, 0.2) is 5.82 Å². The number of nitrogens with one attached hydrogen (secondary N) is 1. The summed E-state index contributed by atoms with van der Waals surface area (Å²) in [5, 5.41) is 7.44. The minimum Gasteiger partial charge on any atom is -0.306 e. The maximum absolute atomic E-state index is 12.3. The highest BCUT2D eigenvalue weighted by atomic mass is 32.1. The van der Waals surface area contributed by atoms with Crippen molar-refractivity contribution in [2.24, 2.45) is 0 Å². The first-order valence-corrected chi connectivity index (χ1v) is 8.46. The van der Waals surface area contributed by atoms with Gasteiger partial charge < -0.3 is 10.2 Å². The number of carbonyl (C=O) groups excluding carboxylic acids is 1. The minimum atomic E-state index is -0.0736. The van der Waals surface area contributed by atoms with Crippen molar-refractivity contribution in [1.29, 1.82) is 0 Å². The molecule has 2 aromatic rings. The second-order valence-corrected chi connectivity index (χ2v) is 7.46. The second kappa shape index (κ2) is 6.22. The summed E-state index contributed by atoms with van der Waals surface area (Å²) >= 11 is 1.65. The summed E-state index contributed by atoms with van der Waals surface area (Å²) in [7, 11) is 2.15. The van der Waals surface area contributed by atoms with Crippen molar-refractivity contribution in [3.05, 3.63) is 33.6 Å². The lowest BCUT2D eigenvalue weighted by molar-refractivity contribution is 0.102. The monoisotopic (exact) mass is 318 g/mol. The molecule has 0 aliphatic carbocycles. The molecular formula is C16H22N4OS.